The molecule has 8 heavy (non-hydrogen) atoms. The van der Waals surface area contributed by atoms with E-state index in [0.29, 0.717) is 0 Å². The molecule has 1 saturated heterocycles. The number of Topliss-reactive ketones (excluding diaryl/α,β-unsaturated/α-hetero) is 1. The second kappa shape index (κ2) is 2.21. The number of hydrogen-bond acceptors (Lipinski definition) is 4. The summed E-state index contributed by atoms with van der Waals surface area (Å²) in [4.78, 5) is 10.3. The Hall–Kier alpha value is -0.450. The van der Waals surface area contributed by atoms with Gasteiger partial charge in [0.15, 0.2) is 5.78 Å². The molecular formula is C4H7NO3. The van der Waals surface area contributed by atoms with E-state index < -0.39 is 6.41 Å². The number of rotatable bonds is 0. The largest absolute Gasteiger partial charge is 0.332 e. The van der Waals surface area contributed by atoms with Crippen LogP contribution in [0.3, 0.4) is 0 Å². The first kappa shape index (κ1) is 5.68. The molecule has 2 N–H and O–H groups in total. The van der Waals surface area contributed by atoms with E-state index in [1.165, 1.54) is 0 Å². The number of carbonyl (C=O) groups excluding carboxylic acids is 1. The summed E-state index contributed by atoms with van der Waals surface area (Å²) < 4.78 is 9.19. The van der Waals surface area contributed by atoms with E-state index in [2.05, 4.69) is 9.47 Å². The highest BCUT2D eigenvalue weighted by Gasteiger charge is 2.14. The molecule has 0 aliphatic carbocycles. The van der Waals surface area contributed by atoms with E-state index in [1.54, 1.807) is 0 Å². The molecule has 0 amide bonds. The summed E-state index contributed by atoms with van der Waals surface area (Å²) in [6.07, 6.45) is -0.701. The maximum absolute atomic E-state index is 10.3. The van der Waals surface area contributed by atoms with Crippen molar-refractivity contribution < 1.29 is 14.3 Å². The minimum Gasteiger partial charge on any atom is -0.332 e. The number of hydrogen-bond donors (Lipinski definition) is 1. The fraction of sp³-hybridized carbons (Fsp3) is 0.750. The zero-order valence-electron chi connectivity index (χ0n) is 4.29. The predicted octanol–water partition coefficient (Wildman–Crippen LogP) is -1.16. The topological polar surface area (TPSA) is 61.5 Å². The third-order valence-electron chi connectivity index (χ3n) is 0.817. The zero-order valence-corrected chi connectivity index (χ0v) is 4.29. The molecular weight excluding hydrogens is 110 g/mol. The van der Waals surface area contributed by atoms with Gasteiger partial charge < -0.3 is 9.47 Å². The first-order chi connectivity index (χ1) is 3.79. The van der Waals surface area contributed by atoms with Gasteiger partial charge in [-0.1, -0.05) is 0 Å². The van der Waals surface area contributed by atoms with Crippen LogP contribution in [-0.2, 0) is 14.3 Å². The van der Waals surface area contributed by atoms with Crippen molar-refractivity contribution in [2.45, 2.75) is 6.41 Å². The minimum absolute atomic E-state index is 0.0632. The standard InChI is InChI=1S/C4H7NO3/c5-4-7-1-3(6)2-8-4/h4H,1-2,5H2. The van der Waals surface area contributed by atoms with Gasteiger partial charge in [-0.05, 0) is 0 Å². The maximum atomic E-state index is 10.3. The summed E-state index contributed by atoms with van der Waals surface area (Å²) in [5.41, 5.74) is 5.10. The quantitative estimate of drug-likeness (QED) is 0.435. The fourth-order valence-electron chi connectivity index (χ4n) is 0.440. The van der Waals surface area contributed by atoms with Crippen molar-refractivity contribution in [2.24, 2.45) is 5.73 Å². The molecule has 0 atom stereocenters. The molecule has 1 rings (SSSR count). The molecule has 0 unspecified atom stereocenters. The highest BCUT2D eigenvalue weighted by Crippen LogP contribution is 1.94. The van der Waals surface area contributed by atoms with Gasteiger partial charge >= 0.3 is 0 Å². The summed E-state index contributed by atoms with van der Waals surface area (Å²) >= 11 is 0. The van der Waals surface area contributed by atoms with Crippen molar-refractivity contribution in [3.05, 3.63) is 0 Å². The van der Waals surface area contributed by atoms with Crippen LogP contribution in [0.15, 0.2) is 0 Å². The molecule has 1 aliphatic heterocycles. The summed E-state index contributed by atoms with van der Waals surface area (Å²) in [5.74, 6) is -0.0632. The van der Waals surface area contributed by atoms with Crippen LogP contribution in [0.2, 0.25) is 0 Å². The van der Waals surface area contributed by atoms with Crippen LogP contribution in [0.5, 0.6) is 0 Å². The normalized spacial score (nSPS) is 23.9. The van der Waals surface area contributed by atoms with Gasteiger partial charge in [-0.2, -0.15) is 0 Å². The van der Waals surface area contributed by atoms with E-state index in [9.17, 15) is 4.79 Å². The third kappa shape index (κ3) is 1.26. The molecule has 0 aromatic rings. The number of nitrogens with two attached hydrogens (primary N) is 1. The van der Waals surface area contributed by atoms with Crippen LogP contribution < -0.4 is 5.73 Å². The van der Waals surface area contributed by atoms with Crippen LogP contribution in [0.1, 0.15) is 0 Å². The Kier molecular flexibility index (Phi) is 1.57. The molecule has 0 aromatic heterocycles. The smallest absolute Gasteiger partial charge is 0.214 e. The van der Waals surface area contributed by atoms with Crippen LogP contribution in [0, 0.1) is 0 Å². The van der Waals surface area contributed by atoms with E-state index in [-0.39, 0.29) is 19.0 Å². The van der Waals surface area contributed by atoms with Crippen LogP contribution >= 0.6 is 0 Å². The molecule has 4 heteroatoms. The average Bonchev–Trinajstić information content (AvgIpc) is 1.77. The van der Waals surface area contributed by atoms with Gasteiger partial charge in [-0.15, -0.1) is 0 Å². The Morgan fingerprint density at radius 1 is 1.50 bits per heavy atom. The van der Waals surface area contributed by atoms with Crippen molar-refractivity contribution in [2.75, 3.05) is 13.2 Å². The van der Waals surface area contributed by atoms with Crippen LogP contribution in [0.4, 0.5) is 0 Å². The van der Waals surface area contributed by atoms with Gasteiger partial charge in [0.25, 0.3) is 0 Å². The molecule has 0 radical (unpaired) electrons. The highest BCUT2D eigenvalue weighted by atomic mass is 16.7. The second-order valence-corrected chi connectivity index (χ2v) is 1.53. The highest BCUT2D eigenvalue weighted by molar-refractivity contribution is 5.81. The Morgan fingerprint density at radius 2 is 2.00 bits per heavy atom. The SMILES string of the molecule is NC1OCC(=O)CO1. The second-order valence-electron chi connectivity index (χ2n) is 1.53. The van der Waals surface area contributed by atoms with Crippen molar-refractivity contribution >= 4 is 5.78 Å². The molecule has 0 aromatic carbocycles. The van der Waals surface area contributed by atoms with Gasteiger partial charge in [0, 0.05) is 0 Å². The molecule has 1 fully saturated rings. The van der Waals surface area contributed by atoms with E-state index in [0.717, 1.165) is 0 Å². The van der Waals surface area contributed by atoms with Gasteiger partial charge in [0.05, 0.1) is 0 Å². The van der Waals surface area contributed by atoms with Gasteiger partial charge in [-0.25, -0.2) is 0 Å². The third-order valence-corrected chi connectivity index (χ3v) is 0.817. The average molecular weight is 117 g/mol. The summed E-state index contributed by atoms with van der Waals surface area (Å²) in [7, 11) is 0. The number of ether oxygens (including phenoxy) is 2. The molecule has 46 valence electrons. The number of carbonyl (C=O) groups is 1. The van der Waals surface area contributed by atoms with Crippen LogP contribution in [0.25, 0.3) is 0 Å². The first-order valence-electron chi connectivity index (χ1n) is 2.29. The van der Waals surface area contributed by atoms with Crippen molar-refractivity contribution in [3.8, 4) is 0 Å². The molecule has 4 nitrogen and oxygen atoms in total. The summed E-state index contributed by atoms with van der Waals surface area (Å²) in [6.45, 7) is 0.169. The van der Waals surface area contributed by atoms with Crippen molar-refractivity contribution in [1.29, 1.82) is 0 Å². The lowest BCUT2D eigenvalue weighted by molar-refractivity contribution is -0.183. The molecule has 1 aliphatic rings. The molecule has 0 bridgehead atoms. The zero-order chi connectivity index (χ0) is 5.98. The van der Waals surface area contributed by atoms with Crippen LogP contribution in [-0.4, -0.2) is 25.4 Å². The lowest BCUT2D eigenvalue weighted by Gasteiger charge is -2.17. The molecule has 0 spiro atoms. The lowest BCUT2D eigenvalue weighted by Crippen LogP contribution is -2.37. The Labute approximate surface area is 46.6 Å². The molecule has 1 heterocycles. The predicted molar refractivity (Wildman–Crippen MR) is 24.9 cm³/mol. The Morgan fingerprint density at radius 3 is 2.38 bits per heavy atom. The summed E-state index contributed by atoms with van der Waals surface area (Å²) in [5, 5.41) is 0. The Balaban J connectivity index is 2.29. The van der Waals surface area contributed by atoms with Gasteiger partial charge in [0.1, 0.15) is 13.2 Å². The Bertz CT molecular complexity index is 93.5. The first-order valence-corrected chi connectivity index (χ1v) is 2.29. The van der Waals surface area contributed by atoms with Gasteiger partial charge in [-0.3, -0.25) is 10.5 Å². The van der Waals surface area contributed by atoms with Crippen molar-refractivity contribution in [3.63, 3.8) is 0 Å². The maximum Gasteiger partial charge on any atom is 0.214 e. The number of ketones is 1. The van der Waals surface area contributed by atoms with E-state index in [1.807, 2.05) is 0 Å². The van der Waals surface area contributed by atoms with Gasteiger partial charge in [0.2, 0.25) is 6.41 Å². The molecule has 0 saturated carbocycles. The minimum atomic E-state index is -0.701. The summed E-state index contributed by atoms with van der Waals surface area (Å²) in [6, 6.07) is 0. The van der Waals surface area contributed by atoms with Crippen molar-refractivity contribution in [1.82, 2.24) is 0 Å². The fourth-order valence-corrected chi connectivity index (χ4v) is 0.440. The van der Waals surface area contributed by atoms with E-state index >= 15 is 0 Å². The lowest BCUT2D eigenvalue weighted by atomic mass is 10.4. The van der Waals surface area contributed by atoms with E-state index in [4.69, 9.17) is 5.73 Å². The monoisotopic (exact) mass is 117 g/mol.